The molecule has 0 radical (unpaired) electrons. The monoisotopic (exact) mass is 290 g/mol. The van der Waals surface area contributed by atoms with Crippen molar-refractivity contribution >= 4 is 22.8 Å². The SMILES string of the molecule is CC(NCc1oc2ccccc2c1C(=O)O)C(=O)N(C)C. The summed E-state index contributed by atoms with van der Waals surface area (Å²) >= 11 is 0. The molecule has 1 unspecified atom stereocenters. The van der Waals surface area contributed by atoms with Gasteiger partial charge in [-0.2, -0.15) is 0 Å². The number of carbonyl (C=O) groups excluding carboxylic acids is 1. The molecule has 1 atom stereocenters. The van der Waals surface area contributed by atoms with E-state index in [0.717, 1.165) is 0 Å². The third-order valence-electron chi connectivity index (χ3n) is 3.26. The summed E-state index contributed by atoms with van der Waals surface area (Å²) in [4.78, 5) is 24.7. The van der Waals surface area contributed by atoms with Crippen molar-refractivity contribution in [2.75, 3.05) is 14.1 Å². The normalized spacial score (nSPS) is 12.3. The lowest BCUT2D eigenvalue weighted by molar-refractivity contribution is -0.130. The maximum Gasteiger partial charge on any atom is 0.339 e. The van der Waals surface area contributed by atoms with Gasteiger partial charge in [0.05, 0.1) is 12.6 Å². The molecule has 21 heavy (non-hydrogen) atoms. The summed E-state index contributed by atoms with van der Waals surface area (Å²) in [5.41, 5.74) is 0.667. The molecule has 6 nitrogen and oxygen atoms in total. The van der Waals surface area contributed by atoms with Crippen LogP contribution in [0.3, 0.4) is 0 Å². The first-order chi connectivity index (χ1) is 9.91. The number of carbonyl (C=O) groups is 2. The van der Waals surface area contributed by atoms with Crippen molar-refractivity contribution in [1.82, 2.24) is 10.2 Å². The zero-order chi connectivity index (χ0) is 15.6. The average molecular weight is 290 g/mol. The molecule has 1 heterocycles. The summed E-state index contributed by atoms with van der Waals surface area (Å²) in [7, 11) is 3.34. The standard InChI is InChI=1S/C15H18N2O4/c1-9(14(18)17(2)3)16-8-12-13(15(19)20)10-6-4-5-7-11(10)21-12/h4-7,9,16H,8H2,1-3H3,(H,19,20). The lowest BCUT2D eigenvalue weighted by Crippen LogP contribution is -2.41. The van der Waals surface area contributed by atoms with Crippen LogP contribution >= 0.6 is 0 Å². The highest BCUT2D eigenvalue weighted by Gasteiger charge is 2.21. The van der Waals surface area contributed by atoms with Crippen molar-refractivity contribution in [1.29, 1.82) is 0 Å². The summed E-state index contributed by atoms with van der Waals surface area (Å²) in [6, 6.07) is 6.56. The Morgan fingerprint density at radius 2 is 2.00 bits per heavy atom. The Hall–Kier alpha value is -2.34. The van der Waals surface area contributed by atoms with E-state index in [4.69, 9.17) is 4.42 Å². The van der Waals surface area contributed by atoms with Gasteiger partial charge in [0.1, 0.15) is 16.9 Å². The third kappa shape index (κ3) is 3.05. The number of rotatable bonds is 5. The first-order valence-electron chi connectivity index (χ1n) is 6.60. The molecule has 1 aromatic heterocycles. The Balaban J connectivity index is 2.24. The number of hydrogen-bond donors (Lipinski definition) is 2. The Labute approximate surface area is 122 Å². The van der Waals surface area contributed by atoms with Crippen molar-refractivity contribution in [3.05, 3.63) is 35.6 Å². The number of likely N-dealkylation sites (N-methyl/N-ethyl adjacent to an activating group) is 1. The van der Waals surface area contributed by atoms with Crippen LogP contribution in [0.4, 0.5) is 0 Å². The van der Waals surface area contributed by atoms with Crippen LogP contribution in [0.5, 0.6) is 0 Å². The molecule has 112 valence electrons. The molecule has 0 saturated carbocycles. The van der Waals surface area contributed by atoms with Crippen LogP contribution in [0.15, 0.2) is 28.7 Å². The van der Waals surface area contributed by atoms with Gasteiger partial charge >= 0.3 is 5.97 Å². The van der Waals surface area contributed by atoms with Gasteiger partial charge in [0, 0.05) is 19.5 Å². The van der Waals surface area contributed by atoms with Gasteiger partial charge < -0.3 is 14.4 Å². The number of furan rings is 1. The van der Waals surface area contributed by atoms with E-state index in [1.54, 1.807) is 45.3 Å². The summed E-state index contributed by atoms with van der Waals surface area (Å²) in [5, 5.41) is 12.9. The molecular formula is C15H18N2O4. The third-order valence-corrected chi connectivity index (χ3v) is 3.26. The smallest absolute Gasteiger partial charge is 0.339 e. The molecule has 1 aromatic carbocycles. The maximum atomic E-state index is 11.8. The number of aromatic carboxylic acids is 1. The fourth-order valence-electron chi connectivity index (χ4n) is 2.18. The Kier molecular flexibility index (Phi) is 4.28. The summed E-state index contributed by atoms with van der Waals surface area (Å²) in [5.74, 6) is -0.798. The largest absolute Gasteiger partial charge is 0.478 e. The van der Waals surface area contributed by atoms with E-state index < -0.39 is 12.0 Å². The van der Waals surface area contributed by atoms with E-state index in [0.29, 0.717) is 16.7 Å². The van der Waals surface area contributed by atoms with E-state index in [9.17, 15) is 14.7 Å². The molecule has 0 aliphatic heterocycles. The van der Waals surface area contributed by atoms with Crippen LogP contribution in [-0.4, -0.2) is 42.0 Å². The fraction of sp³-hybridized carbons (Fsp3) is 0.333. The minimum atomic E-state index is -1.04. The summed E-state index contributed by atoms with van der Waals surface area (Å²) < 4.78 is 5.58. The topological polar surface area (TPSA) is 82.8 Å². The van der Waals surface area contributed by atoms with Crippen LogP contribution in [0, 0.1) is 0 Å². The van der Waals surface area contributed by atoms with E-state index in [-0.39, 0.29) is 18.0 Å². The number of fused-ring (bicyclic) bond motifs is 1. The quantitative estimate of drug-likeness (QED) is 0.875. The predicted molar refractivity (Wildman–Crippen MR) is 78.2 cm³/mol. The minimum absolute atomic E-state index is 0.0806. The molecule has 0 aliphatic rings. The molecular weight excluding hydrogens is 272 g/mol. The molecule has 0 fully saturated rings. The number of nitrogens with one attached hydrogen (secondary N) is 1. The lowest BCUT2D eigenvalue weighted by Gasteiger charge is -2.17. The number of para-hydroxylation sites is 1. The Morgan fingerprint density at radius 1 is 1.33 bits per heavy atom. The van der Waals surface area contributed by atoms with Gasteiger partial charge in [-0.15, -0.1) is 0 Å². The highest BCUT2D eigenvalue weighted by Crippen LogP contribution is 2.25. The summed E-state index contributed by atoms with van der Waals surface area (Å²) in [6.45, 7) is 1.91. The second-order valence-corrected chi connectivity index (χ2v) is 5.04. The second kappa shape index (κ2) is 5.97. The molecule has 0 spiro atoms. The zero-order valence-corrected chi connectivity index (χ0v) is 12.2. The van der Waals surface area contributed by atoms with Gasteiger partial charge in [-0.1, -0.05) is 18.2 Å². The van der Waals surface area contributed by atoms with Crippen LogP contribution in [0.1, 0.15) is 23.0 Å². The van der Waals surface area contributed by atoms with Gasteiger partial charge in [-0.3, -0.25) is 10.1 Å². The van der Waals surface area contributed by atoms with Crippen molar-refractivity contribution in [2.45, 2.75) is 19.5 Å². The number of carboxylic acids is 1. The van der Waals surface area contributed by atoms with E-state index in [1.807, 2.05) is 0 Å². The van der Waals surface area contributed by atoms with Crippen LogP contribution in [0.25, 0.3) is 11.0 Å². The summed E-state index contributed by atoms with van der Waals surface area (Å²) in [6.07, 6.45) is 0. The first-order valence-corrected chi connectivity index (χ1v) is 6.60. The molecule has 0 aliphatic carbocycles. The van der Waals surface area contributed by atoms with Gasteiger partial charge in [0.25, 0.3) is 0 Å². The highest BCUT2D eigenvalue weighted by molar-refractivity contribution is 6.03. The van der Waals surface area contributed by atoms with Crippen molar-refractivity contribution < 1.29 is 19.1 Å². The number of nitrogens with zero attached hydrogens (tertiary/aromatic N) is 1. The fourth-order valence-corrected chi connectivity index (χ4v) is 2.18. The highest BCUT2D eigenvalue weighted by atomic mass is 16.4. The molecule has 2 N–H and O–H groups in total. The van der Waals surface area contributed by atoms with Crippen LogP contribution < -0.4 is 5.32 Å². The lowest BCUT2D eigenvalue weighted by atomic mass is 10.1. The van der Waals surface area contributed by atoms with Gasteiger partial charge in [-0.25, -0.2) is 4.79 Å². The van der Waals surface area contributed by atoms with Crippen LogP contribution in [-0.2, 0) is 11.3 Å². The molecule has 1 amide bonds. The van der Waals surface area contributed by atoms with Gasteiger partial charge in [-0.05, 0) is 13.0 Å². The van der Waals surface area contributed by atoms with Crippen molar-refractivity contribution in [3.8, 4) is 0 Å². The molecule has 2 aromatic rings. The molecule has 0 bridgehead atoms. The average Bonchev–Trinajstić information content (AvgIpc) is 2.82. The predicted octanol–water partition coefficient (Wildman–Crippen LogP) is 1.70. The zero-order valence-electron chi connectivity index (χ0n) is 12.2. The maximum absolute atomic E-state index is 11.8. The minimum Gasteiger partial charge on any atom is -0.478 e. The van der Waals surface area contributed by atoms with Crippen molar-refractivity contribution in [2.24, 2.45) is 0 Å². The van der Waals surface area contributed by atoms with Crippen LogP contribution in [0.2, 0.25) is 0 Å². The molecule has 6 heteroatoms. The van der Waals surface area contributed by atoms with E-state index >= 15 is 0 Å². The Morgan fingerprint density at radius 3 is 2.62 bits per heavy atom. The molecule has 0 saturated heterocycles. The number of benzene rings is 1. The van der Waals surface area contributed by atoms with Gasteiger partial charge in [0.2, 0.25) is 5.91 Å². The number of carboxylic acid groups (broad SMARTS) is 1. The number of hydrogen-bond acceptors (Lipinski definition) is 4. The van der Waals surface area contributed by atoms with Gasteiger partial charge in [0.15, 0.2) is 0 Å². The van der Waals surface area contributed by atoms with Crippen molar-refractivity contribution in [3.63, 3.8) is 0 Å². The van der Waals surface area contributed by atoms with E-state index in [2.05, 4.69) is 5.32 Å². The van der Waals surface area contributed by atoms with E-state index in [1.165, 1.54) is 4.90 Å². The first kappa shape index (κ1) is 15.1. The second-order valence-electron chi connectivity index (χ2n) is 5.04. The molecule has 2 rings (SSSR count). The number of amides is 1. The Bertz CT molecular complexity index is 675.